The molecule has 1 atom stereocenters. The molecule has 0 spiro atoms. The molecule has 0 aliphatic heterocycles. The van der Waals surface area contributed by atoms with E-state index in [0.29, 0.717) is 0 Å². The molecule has 0 bridgehead atoms. The van der Waals surface area contributed by atoms with Gasteiger partial charge in [0.2, 0.25) is 0 Å². The van der Waals surface area contributed by atoms with Gasteiger partial charge in [-0.2, -0.15) is 0 Å². The highest BCUT2D eigenvalue weighted by Crippen LogP contribution is 2.16. The standard InChI is InChI=1S/C8H12N2OS2/c1-8(2,3)13(11)10-4-7-5-12-6-9-7/h4-6H,1-3H3. The van der Waals surface area contributed by atoms with E-state index in [1.54, 1.807) is 11.7 Å². The van der Waals surface area contributed by atoms with Crippen molar-refractivity contribution < 1.29 is 4.55 Å². The molecule has 0 amide bonds. The van der Waals surface area contributed by atoms with Crippen molar-refractivity contribution in [3.63, 3.8) is 0 Å². The normalized spacial score (nSPS) is 15.1. The zero-order valence-corrected chi connectivity index (χ0v) is 9.48. The second kappa shape index (κ2) is 4.21. The lowest BCUT2D eigenvalue weighted by atomic mass is 10.3. The van der Waals surface area contributed by atoms with Crippen LogP contribution in [0.5, 0.6) is 0 Å². The van der Waals surface area contributed by atoms with Gasteiger partial charge in [-0.25, -0.2) is 4.98 Å². The summed E-state index contributed by atoms with van der Waals surface area (Å²) in [7, 11) is 0. The van der Waals surface area contributed by atoms with E-state index in [0.717, 1.165) is 5.69 Å². The van der Waals surface area contributed by atoms with Gasteiger partial charge in [-0.05, 0) is 20.8 Å². The van der Waals surface area contributed by atoms with Crippen molar-refractivity contribution >= 4 is 28.9 Å². The molecule has 0 saturated heterocycles. The maximum Gasteiger partial charge on any atom is 0.144 e. The topological polar surface area (TPSA) is 48.3 Å². The van der Waals surface area contributed by atoms with Gasteiger partial charge in [0.25, 0.3) is 0 Å². The van der Waals surface area contributed by atoms with E-state index >= 15 is 0 Å². The number of nitrogens with zero attached hydrogens (tertiary/aromatic N) is 2. The Morgan fingerprint density at radius 2 is 2.31 bits per heavy atom. The number of aromatic nitrogens is 1. The predicted octanol–water partition coefficient (Wildman–Crippen LogP) is 2.02. The van der Waals surface area contributed by atoms with Crippen LogP contribution in [0.25, 0.3) is 0 Å². The maximum absolute atomic E-state index is 11.4. The molecule has 5 heteroatoms. The van der Waals surface area contributed by atoms with E-state index in [1.165, 1.54) is 11.3 Å². The third-order valence-electron chi connectivity index (χ3n) is 1.26. The van der Waals surface area contributed by atoms with Gasteiger partial charge >= 0.3 is 0 Å². The Hall–Kier alpha value is -0.390. The number of hydrogen-bond acceptors (Lipinski definition) is 4. The Labute approximate surface area is 85.2 Å². The van der Waals surface area contributed by atoms with Crippen molar-refractivity contribution in [3.8, 4) is 0 Å². The summed E-state index contributed by atoms with van der Waals surface area (Å²) in [6.07, 6.45) is 1.55. The van der Waals surface area contributed by atoms with Crippen molar-refractivity contribution in [2.45, 2.75) is 25.5 Å². The Bertz CT molecular complexity index is 277. The van der Waals surface area contributed by atoms with Crippen LogP contribution in [0.3, 0.4) is 0 Å². The molecular weight excluding hydrogens is 204 g/mol. The molecule has 1 unspecified atom stereocenters. The zero-order valence-electron chi connectivity index (χ0n) is 7.85. The average molecular weight is 216 g/mol. The minimum atomic E-state index is -1.19. The van der Waals surface area contributed by atoms with E-state index in [2.05, 4.69) is 9.38 Å². The first-order chi connectivity index (χ1) is 6.00. The first-order valence-electron chi connectivity index (χ1n) is 3.84. The van der Waals surface area contributed by atoms with Gasteiger partial charge in [0.15, 0.2) is 0 Å². The van der Waals surface area contributed by atoms with E-state index < -0.39 is 11.4 Å². The fourth-order valence-corrected chi connectivity index (χ4v) is 1.57. The summed E-state index contributed by atoms with van der Waals surface area (Å²) in [5.41, 5.74) is 2.49. The molecule has 3 nitrogen and oxygen atoms in total. The van der Waals surface area contributed by atoms with E-state index in [1.807, 2.05) is 26.2 Å². The van der Waals surface area contributed by atoms with Gasteiger partial charge < -0.3 is 4.55 Å². The molecule has 1 aromatic heterocycles. The third-order valence-corrected chi connectivity index (χ3v) is 3.21. The van der Waals surface area contributed by atoms with Gasteiger partial charge in [-0.1, -0.05) is 4.40 Å². The van der Waals surface area contributed by atoms with Gasteiger partial charge in [-0.15, -0.1) is 11.3 Å². The highest BCUT2D eigenvalue weighted by Gasteiger charge is 2.25. The summed E-state index contributed by atoms with van der Waals surface area (Å²) in [5.74, 6) is 0. The molecule has 0 fully saturated rings. The molecule has 0 aliphatic carbocycles. The zero-order chi connectivity index (χ0) is 9.90. The molecule has 1 rings (SSSR count). The van der Waals surface area contributed by atoms with Gasteiger partial charge in [0.05, 0.1) is 11.2 Å². The smallest absolute Gasteiger partial charge is 0.144 e. The van der Waals surface area contributed by atoms with Crippen LogP contribution in [0.15, 0.2) is 15.3 Å². The predicted molar refractivity (Wildman–Crippen MR) is 57.6 cm³/mol. The van der Waals surface area contributed by atoms with Crippen LogP contribution in [0.4, 0.5) is 0 Å². The first-order valence-corrected chi connectivity index (χ1v) is 5.89. The molecule has 72 valence electrons. The highest BCUT2D eigenvalue weighted by atomic mass is 32.2. The van der Waals surface area contributed by atoms with Crippen LogP contribution in [-0.4, -0.2) is 20.5 Å². The SMILES string of the molecule is CC(C)(C)[S+]([O-])N=Cc1cscn1. The second-order valence-electron chi connectivity index (χ2n) is 3.51. The molecule has 0 radical (unpaired) electrons. The lowest BCUT2D eigenvalue weighted by Gasteiger charge is -2.17. The van der Waals surface area contributed by atoms with Crippen LogP contribution in [0.2, 0.25) is 0 Å². The van der Waals surface area contributed by atoms with Crippen LogP contribution in [0.1, 0.15) is 26.5 Å². The highest BCUT2D eigenvalue weighted by molar-refractivity contribution is 7.91. The fraction of sp³-hybridized carbons (Fsp3) is 0.500. The Balaban J connectivity index is 2.59. The van der Waals surface area contributed by atoms with Crippen molar-refractivity contribution in [3.05, 3.63) is 16.6 Å². The fourth-order valence-electron chi connectivity index (χ4n) is 0.546. The molecule has 1 heterocycles. The van der Waals surface area contributed by atoms with Crippen LogP contribution in [0, 0.1) is 0 Å². The minimum absolute atomic E-state index is 0.299. The van der Waals surface area contributed by atoms with Crippen molar-refractivity contribution in [2.24, 2.45) is 4.40 Å². The van der Waals surface area contributed by atoms with Crippen molar-refractivity contribution in [1.29, 1.82) is 0 Å². The molecule has 13 heavy (non-hydrogen) atoms. The molecule has 0 aliphatic rings. The van der Waals surface area contributed by atoms with E-state index in [4.69, 9.17) is 0 Å². The third kappa shape index (κ3) is 3.46. The Kier molecular flexibility index (Phi) is 3.47. The molecule has 0 N–H and O–H groups in total. The minimum Gasteiger partial charge on any atom is -0.591 e. The van der Waals surface area contributed by atoms with Crippen molar-refractivity contribution in [2.75, 3.05) is 0 Å². The largest absolute Gasteiger partial charge is 0.591 e. The summed E-state index contributed by atoms with van der Waals surface area (Å²) >= 11 is 0.310. The lowest BCUT2D eigenvalue weighted by molar-refractivity contribution is 0.562. The van der Waals surface area contributed by atoms with Gasteiger partial charge in [-0.3, -0.25) is 0 Å². The Morgan fingerprint density at radius 3 is 2.77 bits per heavy atom. The van der Waals surface area contributed by atoms with Gasteiger partial charge in [0, 0.05) is 5.38 Å². The van der Waals surface area contributed by atoms with Crippen LogP contribution < -0.4 is 0 Å². The van der Waals surface area contributed by atoms with Crippen molar-refractivity contribution in [1.82, 2.24) is 4.98 Å². The summed E-state index contributed by atoms with van der Waals surface area (Å²) in [6, 6.07) is 0. The van der Waals surface area contributed by atoms with E-state index in [9.17, 15) is 4.55 Å². The summed E-state index contributed by atoms with van der Waals surface area (Å²) in [5, 5.41) is 1.86. The summed E-state index contributed by atoms with van der Waals surface area (Å²) in [4.78, 5) is 4.01. The van der Waals surface area contributed by atoms with Crippen LogP contribution >= 0.6 is 11.3 Å². The molecule has 0 saturated carbocycles. The summed E-state index contributed by atoms with van der Waals surface area (Å²) in [6.45, 7) is 5.67. The number of thiazole rings is 1. The van der Waals surface area contributed by atoms with Crippen LogP contribution in [-0.2, 0) is 11.4 Å². The quantitative estimate of drug-likeness (QED) is 0.561. The first kappa shape index (κ1) is 10.7. The van der Waals surface area contributed by atoms with E-state index in [-0.39, 0.29) is 4.75 Å². The molecule has 1 aromatic rings. The molecular formula is C8H12N2OS2. The average Bonchev–Trinajstić information content (AvgIpc) is 2.50. The molecule has 0 aromatic carbocycles. The second-order valence-corrected chi connectivity index (χ2v) is 6.16. The lowest BCUT2D eigenvalue weighted by Crippen LogP contribution is -2.25. The number of rotatable bonds is 2. The monoisotopic (exact) mass is 216 g/mol. The number of hydrogen-bond donors (Lipinski definition) is 0. The maximum atomic E-state index is 11.4. The Morgan fingerprint density at radius 1 is 1.62 bits per heavy atom. The van der Waals surface area contributed by atoms with Gasteiger partial charge in [0.1, 0.15) is 22.3 Å². The summed E-state index contributed by atoms with van der Waals surface area (Å²) < 4.78 is 15.1.